The van der Waals surface area contributed by atoms with Gasteiger partial charge in [0.2, 0.25) is 5.95 Å². The molecule has 1 amide bonds. The van der Waals surface area contributed by atoms with Crippen molar-refractivity contribution >= 4 is 23.5 Å². The fourth-order valence-corrected chi connectivity index (χ4v) is 2.82. The number of benzene rings is 1. The van der Waals surface area contributed by atoms with E-state index in [9.17, 15) is 4.79 Å². The molecule has 146 valence electrons. The molecule has 0 saturated carbocycles. The average Bonchev–Trinajstić information content (AvgIpc) is 2.69. The summed E-state index contributed by atoms with van der Waals surface area (Å²) in [5, 5.41) is 3.08. The van der Waals surface area contributed by atoms with Crippen molar-refractivity contribution in [2.45, 2.75) is 20.3 Å². The molecule has 0 spiro atoms. The number of nitrogens with zero attached hydrogens (tertiary/aromatic N) is 3. The maximum absolute atomic E-state index is 12.5. The predicted molar refractivity (Wildman–Crippen MR) is 106 cm³/mol. The predicted octanol–water partition coefficient (Wildman–Crippen LogP) is 2.97. The molecule has 7 nitrogen and oxygen atoms in total. The van der Waals surface area contributed by atoms with Gasteiger partial charge in [0.25, 0.3) is 5.91 Å². The van der Waals surface area contributed by atoms with Crippen molar-refractivity contribution < 1.29 is 14.3 Å². The molecule has 0 saturated heterocycles. The molecular weight excluding hydrogens is 368 g/mol. The van der Waals surface area contributed by atoms with Crippen molar-refractivity contribution in [2.24, 2.45) is 0 Å². The number of rotatable bonds is 9. The van der Waals surface area contributed by atoms with Crippen LogP contribution >= 0.6 is 11.6 Å². The van der Waals surface area contributed by atoms with Crippen LogP contribution in [0.15, 0.2) is 24.4 Å². The Labute approximate surface area is 164 Å². The number of hydrogen-bond donors (Lipinski definition) is 1. The Kier molecular flexibility index (Phi) is 7.67. The maximum atomic E-state index is 12.5. The quantitative estimate of drug-likeness (QED) is 0.707. The number of amides is 1. The highest BCUT2D eigenvalue weighted by molar-refractivity contribution is 6.33. The van der Waals surface area contributed by atoms with Crippen LogP contribution in [0, 0.1) is 0 Å². The van der Waals surface area contributed by atoms with Crippen LogP contribution < -0.4 is 19.7 Å². The van der Waals surface area contributed by atoms with E-state index in [0.29, 0.717) is 18.9 Å². The molecule has 0 unspecified atom stereocenters. The number of carbonyl (C=O) groups excluding carboxylic acids is 1. The van der Waals surface area contributed by atoms with Crippen molar-refractivity contribution in [1.82, 2.24) is 15.3 Å². The molecule has 0 atom stereocenters. The summed E-state index contributed by atoms with van der Waals surface area (Å²) in [7, 11) is 3.22. The van der Waals surface area contributed by atoms with Gasteiger partial charge in [-0.3, -0.25) is 4.79 Å². The first-order chi connectivity index (χ1) is 13.0. The molecule has 0 aliphatic carbocycles. The summed E-state index contributed by atoms with van der Waals surface area (Å²) in [4.78, 5) is 23.0. The highest BCUT2D eigenvalue weighted by Crippen LogP contribution is 2.24. The molecule has 0 aliphatic heterocycles. The number of aromatic nitrogens is 2. The highest BCUT2D eigenvalue weighted by Gasteiger charge is 2.16. The lowest BCUT2D eigenvalue weighted by Crippen LogP contribution is -2.29. The molecule has 0 bridgehead atoms. The van der Waals surface area contributed by atoms with Gasteiger partial charge in [-0.15, -0.1) is 0 Å². The summed E-state index contributed by atoms with van der Waals surface area (Å²) >= 11 is 6.12. The minimum Gasteiger partial charge on any atom is -0.497 e. The first-order valence-electron chi connectivity index (χ1n) is 8.80. The van der Waals surface area contributed by atoms with Gasteiger partial charge >= 0.3 is 0 Å². The van der Waals surface area contributed by atoms with Crippen LogP contribution in [-0.4, -0.2) is 49.7 Å². The fourth-order valence-electron chi connectivity index (χ4n) is 2.65. The van der Waals surface area contributed by atoms with E-state index < -0.39 is 0 Å². The van der Waals surface area contributed by atoms with E-state index >= 15 is 0 Å². The summed E-state index contributed by atoms with van der Waals surface area (Å²) in [6.07, 6.45) is 2.04. The number of carbonyl (C=O) groups is 1. The highest BCUT2D eigenvalue weighted by atomic mass is 35.5. The fraction of sp³-hybridized carbons (Fsp3) is 0.421. The summed E-state index contributed by atoms with van der Waals surface area (Å²) in [5.41, 5.74) is 1.11. The molecule has 1 heterocycles. The van der Waals surface area contributed by atoms with E-state index in [4.69, 9.17) is 21.1 Å². The normalized spacial score (nSPS) is 10.4. The smallest absolute Gasteiger partial charge is 0.271 e. The zero-order valence-corrected chi connectivity index (χ0v) is 16.8. The zero-order chi connectivity index (χ0) is 19.8. The molecule has 2 aromatic rings. The second-order valence-corrected chi connectivity index (χ2v) is 6.13. The Hall–Kier alpha value is -2.54. The Balaban J connectivity index is 2.07. The number of methoxy groups -OCH3 is 2. The second kappa shape index (κ2) is 9.97. The van der Waals surface area contributed by atoms with Crippen LogP contribution in [0.4, 0.5) is 5.95 Å². The van der Waals surface area contributed by atoms with Gasteiger partial charge in [-0.25, -0.2) is 9.97 Å². The van der Waals surface area contributed by atoms with Crippen molar-refractivity contribution in [3.8, 4) is 11.5 Å². The monoisotopic (exact) mass is 392 g/mol. The largest absolute Gasteiger partial charge is 0.497 e. The van der Waals surface area contributed by atoms with E-state index in [-0.39, 0.29) is 16.6 Å². The summed E-state index contributed by atoms with van der Waals surface area (Å²) in [5.74, 6) is 1.63. The van der Waals surface area contributed by atoms with Gasteiger partial charge in [-0.05, 0) is 44.0 Å². The standard InChI is InChI=1S/C19H25ClN4O3/c1-5-24(6-2)19-22-12-15(20)17(23-19)18(25)21-10-9-13-11-14(26-3)7-8-16(13)27-4/h7-8,11-12H,5-6,9-10H2,1-4H3,(H,21,25). The lowest BCUT2D eigenvalue weighted by molar-refractivity contribution is 0.0949. The van der Waals surface area contributed by atoms with E-state index in [1.807, 2.05) is 36.9 Å². The van der Waals surface area contributed by atoms with Crippen LogP contribution in [0.3, 0.4) is 0 Å². The van der Waals surface area contributed by atoms with Gasteiger partial charge in [-0.2, -0.15) is 0 Å². The third-order valence-corrected chi connectivity index (χ3v) is 4.44. The SMILES string of the molecule is CCN(CC)c1ncc(Cl)c(C(=O)NCCc2cc(OC)ccc2OC)n1. The minimum absolute atomic E-state index is 0.172. The van der Waals surface area contributed by atoms with Crippen molar-refractivity contribution in [2.75, 3.05) is 38.8 Å². The number of hydrogen-bond acceptors (Lipinski definition) is 6. The topological polar surface area (TPSA) is 76.6 Å². The minimum atomic E-state index is -0.335. The maximum Gasteiger partial charge on any atom is 0.271 e. The van der Waals surface area contributed by atoms with Gasteiger partial charge in [0, 0.05) is 19.6 Å². The number of halogens is 1. The molecule has 1 aromatic heterocycles. The molecule has 27 heavy (non-hydrogen) atoms. The first kappa shape index (κ1) is 20.8. The van der Waals surface area contributed by atoms with E-state index in [1.165, 1.54) is 6.20 Å². The molecule has 2 rings (SSSR count). The molecule has 0 aliphatic rings. The van der Waals surface area contributed by atoms with Crippen LogP contribution in [0.25, 0.3) is 0 Å². The summed E-state index contributed by atoms with van der Waals surface area (Å²) < 4.78 is 10.6. The molecule has 8 heteroatoms. The van der Waals surface area contributed by atoms with Gasteiger partial charge in [0.15, 0.2) is 5.69 Å². The summed E-state index contributed by atoms with van der Waals surface area (Å²) in [6.45, 7) is 5.90. The molecule has 1 aromatic carbocycles. The van der Waals surface area contributed by atoms with Crippen LogP contribution in [0.5, 0.6) is 11.5 Å². The molecule has 0 fully saturated rings. The Morgan fingerprint density at radius 1 is 1.22 bits per heavy atom. The Morgan fingerprint density at radius 2 is 1.96 bits per heavy atom. The number of nitrogens with one attached hydrogen (secondary N) is 1. The lowest BCUT2D eigenvalue weighted by atomic mass is 10.1. The van der Waals surface area contributed by atoms with Crippen LogP contribution in [0.2, 0.25) is 5.02 Å². The third-order valence-electron chi connectivity index (χ3n) is 4.16. The molecular formula is C19H25ClN4O3. The molecule has 1 N–H and O–H groups in total. The van der Waals surface area contributed by atoms with E-state index in [0.717, 1.165) is 30.2 Å². The van der Waals surface area contributed by atoms with Gasteiger partial charge in [0.1, 0.15) is 11.5 Å². The van der Waals surface area contributed by atoms with Gasteiger partial charge in [0.05, 0.1) is 25.4 Å². The van der Waals surface area contributed by atoms with Crippen molar-refractivity contribution in [3.63, 3.8) is 0 Å². The second-order valence-electron chi connectivity index (χ2n) is 5.72. The van der Waals surface area contributed by atoms with Gasteiger partial charge in [-0.1, -0.05) is 11.6 Å². The molecule has 0 radical (unpaired) electrons. The summed E-state index contributed by atoms with van der Waals surface area (Å²) in [6, 6.07) is 5.56. The zero-order valence-electron chi connectivity index (χ0n) is 16.1. The third kappa shape index (κ3) is 5.23. The first-order valence-corrected chi connectivity index (χ1v) is 9.18. The Bertz CT molecular complexity index is 782. The number of anilines is 1. The van der Waals surface area contributed by atoms with Crippen molar-refractivity contribution in [3.05, 3.63) is 40.7 Å². The average molecular weight is 393 g/mol. The van der Waals surface area contributed by atoms with E-state index in [2.05, 4.69) is 15.3 Å². The van der Waals surface area contributed by atoms with Crippen LogP contribution in [-0.2, 0) is 6.42 Å². The van der Waals surface area contributed by atoms with Crippen LogP contribution in [0.1, 0.15) is 29.9 Å². The number of ether oxygens (including phenoxy) is 2. The lowest BCUT2D eigenvalue weighted by Gasteiger charge is -2.19. The van der Waals surface area contributed by atoms with Gasteiger partial charge < -0.3 is 19.7 Å². The van der Waals surface area contributed by atoms with E-state index in [1.54, 1.807) is 14.2 Å². The van der Waals surface area contributed by atoms with Crippen molar-refractivity contribution in [1.29, 1.82) is 0 Å². The Morgan fingerprint density at radius 3 is 2.59 bits per heavy atom.